The summed E-state index contributed by atoms with van der Waals surface area (Å²) in [6.07, 6.45) is 1.70. The summed E-state index contributed by atoms with van der Waals surface area (Å²) in [7, 11) is 0. The minimum atomic E-state index is -0.0546. The van der Waals surface area contributed by atoms with Crippen molar-refractivity contribution in [3.8, 4) is 0 Å². The number of carbonyl (C=O) groups excluding carboxylic acids is 1. The van der Waals surface area contributed by atoms with Crippen LogP contribution in [0.4, 0.5) is 16.3 Å². The molecule has 0 aliphatic carbocycles. The predicted molar refractivity (Wildman–Crippen MR) is 79.3 cm³/mol. The SMILES string of the molecule is CCN1Cc2cccnc2N(c2ccc(Cl)cc2)C1=O. The van der Waals surface area contributed by atoms with Gasteiger partial charge in [0.15, 0.2) is 0 Å². The molecule has 4 nitrogen and oxygen atoms in total. The van der Waals surface area contributed by atoms with Gasteiger partial charge in [-0.2, -0.15) is 0 Å². The van der Waals surface area contributed by atoms with Crippen molar-refractivity contribution >= 4 is 29.1 Å². The van der Waals surface area contributed by atoms with E-state index < -0.39 is 0 Å². The third-order valence-corrected chi connectivity index (χ3v) is 3.62. The van der Waals surface area contributed by atoms with Crippen molar-refractivity contribution < 1.29 is 4.79 Å². The van der Waals surface area contributed by atoms with E-state index in [0.717, 1.165) is 11.3 Å². The standard InChI is InChI=1S/C15H14ClN3O/c1-2-18-10-11-4-3-9-17-14(11)19(15(18)20)13-7-5-12(16)6-8-13/h3-9H,2,10H2,1H3. The largest absolute Gasteiger partial charge is 0.330 e. The Labute approximate surface area is 122 Å². The van der Waals surface area contributed by atoms with Crippen LogP contribution in [0, 0.1) is 0 Å². The van der Waals surface area contributed by atoms with E-state index >= 15 is 0 Å². The number of amides is 2. The van der Waals surface area contributed by atoms with E-state index in [-0.39, 0.29) is 6.03 Å². The third-order valence-electron chi connectivity index (χ3n) is 3.37. The Kier molecular flexibility index (Phi) is 3.32. The van der Waals surface area contributed by atoms with Gasteiger partial charge in [-0.15, -0.1) is 0 Å². The highest BCUT2D eigenvalue weighted by Crippen LogP contribution is 2.33. The topological polar surface area (TPSA) is 36.4 Å². The Hall–Kier alpha value is -2.07. The number of carbonyl (C=O) groups is 1. The monoisotopic (exact) mass is 287 g/mol. The number of benzene rings is 1. The average Bonchev–Trinajstić information content (AvgIpc) is 2.48. The molecular weight excluding hydrogens is 274 g/mol. The molecule has 0 saturated carbocycles. The highest BCUT2D eigenvalue weighted by molar-refractivity contribution is 6.30. The van der Waals surface area contributed by atoms with E-state index in [0.29, 0.717) is 23.9 Å². The Morgan fingerprint density at radius 3 is 2.70 bits per heavy atom. The zero-order chi connectivity index (χ0) is 14.1. The van der Waals surface area contributed by atoms with E-state index in [1.165, 1.54) is 0 Å². The maximum Gasteiger partial charge on any atom is 0.330 e. The number of urea groups is 1. The van der Waals surface area contributed by atoms with Crippen molar-refractivity contribution in [3.05, 3.63) is 53.2 Å². The zero-order valence-corrected chi connectivity index (χ0v) is 11.8. The smallest absolute Gasteiger partial charge is 0.320 e. The second kappa shape index (κ2) is 5.13. The van der Waals surface area contributed by atoms with Gasteiger partial charge in [0.2, 0.25) is 0 Å². The molecule has 1 aliphatic rings. The van der Waals surface area contributed by atoms with Crippen LogP contribution in [0.5, 0.6) is 0 Å². The highest BCUT2D eigenvalue weighted by Gasteiger charge is 2.31. The molecule has 0 saturated heterocycles. The first-order valence-electron chi connectivity index (χ1n) is 6.49. The summed E-state index contributed by atoms with van der Waals surface area (Å²) in [5, 5.41) is 0.645. The van der Waals surface area contributed by atoms with Crippen molar-refractivity contribution in [2.45, 2.75) is 13.5 Å². The number of nitrogens with zero attached hydrogens (tertiary/aromatic N) is 3. The first-order chi connectivity index (χ1) is 9.70. The molecule has 2 heterocycles. The number of pyridine rings is 1. The van der Waals surface area contributed by atoms with Gasteiger partial charge in [-0.3, -0.25) is 0 Å². The summed E-state index contributed by atoms with van der Waals surface area (Å²) in [6, 6.07) is 11.1. The number of anilines is 2. The number of rotatable bonds is 2. The molecule has 2 aromatic rings. The van der Waals surface area contributed by atoms with Crippen molar-refractivity contribution in [1.29, 1.82) is 0 Å². The Morgan fingerprint density at radius 2 is 2.00 bits per heavy atom. The Balaban J connectivity index is 2.11. The Bertz CT molecular complexity index is 642. The number of fused-ring (bicyclic) bond motifs is 1. The first-order valence-corrected chi connectivity index (χ1v) is 6.87. The fraction of sp³-hybridized carbons (Fsp3) is 0.200. The molecule has 0 N–H and O–H groups in total. The minimum absolute atomic E-state index is 0.0546. The maximum absolute atomic E-state index is 12.6. The van der Waals surface area contributed by atoms with Gasteiger partial charge in [0.1, 0.15) is 5.82 Å². The molecule has 20 heavy (non-hydrogen) atoms. The number of halogens is 1. The lowest BCUT2D eigenvalue weighted by Crippen LogP contribution is -2.44. The maximum atomic E-state index is 12.6. The minimum Gasteiger partial charge on any atom is -0.320 e. The fourth-order valence-electron chi connectivity index (χ4n) is 2.33. The van der Waals surface area contributed by atoms with Crippen LogP contribution in [0.3, 0.4) is 0 Å². The lowest BCUT2D eigenvalue weighted by atomic mass is 10.1. The van der Waals surface area contributed by atoms with Gasteiger partial charge < -0.3 is 4.90 Å². The summed E-state index contributed by atoms with van der Waals surface area (Å²) in [4.78, 5) is 20.4. The molecule has 5 heteroatoms. The number of aromatic nitrogens is 1. The van der Waals surface area contributed by atoms with Gasteiger partial charge in [0, 0.05) is 23.3 Å². The van der Waals surface area contributed by atoms with Crippen molar-refractivity contribution in [2.24, 2.45) is 0 Å². The van der Waals surface area contributed by atoms with Crippen LogP contribution in [-0.2, 0) is 6.54 Å². The second-order valence-electron chi connectivity index (χ2n) is 4.59. The van der Waals surface area contributed by atoms with Gasteiger partial charge in [-0.25, -0.2) is 14.7 Å². The molecule has 0 bridgehead atoms. The summed E-state index contributed by atoms with van der Waals surface area (Å²) >= 11 is 5.91. The molecule has 3 rings (SSSR count). The molecule has 102 valence electrons. The van der Waals surface area contributed by atoms with Crippen LogP contribution in [0.15, 0.2) is 42.6 Å². The normalized spacial score (nSPS) is 14.4. The molecule has 1 aromatic carbocycles. The first kappa shape index (κ1) is 12.9. The third kappa shape index (κ3) is 2.12. The van der Waals surface area contributed by atoms with Crippen molar-refractivity contribution in [3.63, 3.8) is 0 Å². The lowest BCUT2D eigenvalue weighted by Gasteiger charge is -2.35. The molecule has 2 amide bonds. The van der Waals surface area contributed by atoms with Crippen molar-refractivity contribution in [2.75, 3.05) is 11.4 Å². The van der Waals surface area contributed by atoms with Crippen LogP contribution in [0.1, 0.15) is 12.5 Å². The molecule has 1 aromatic heterocycles. The van der Waals surface area contributed by atoms with E-state index in [1.54, 1.807) is 28.1 Å². The van der Waals surface area contributed by atoms with Crippen LogP contribution < -0.4 is 4.90 Å². The van der Waals surface area contributed by atoms with E-state index in [4.69, 9.17) is 11.6 Å². The number of hydrogen-bond donors (Lipinski definition) is 0. The fourth-order valence-corrected chi connectivity index (χ4v) is 2.46. The predicted octanol–water partition coefficient (Wildman–Crippen LogP) is 3.83. The van der Waals surface area contributed by atoms with E-state index in [2.05, 4.69) is 4.98 Å². The summed E-state index contributed by atoms with van der Waals surface area (Å²) in [6.45, 7) is 3.24. The average molecular weight is 288 g/mol. The van der Waals surface area contributed by atoms with Crippen LogP contribution in [0.2, 0.25) is 5.02 Å². The summed E-state index contributed by atoms with van der Waals surface area (Å²) < 4.78 is 0. The molecule has 0 atom stereocenters. The van der Waals surface area contributed by atoms with E-state index in [9.17, 15) is 4.79 Å². The molecular formula is C15H14ClN3O. The molecule has 1 aliphatic heterocycles. The molecule has 0 radical (unpaired) electrons. The lowest BCUT2D eigenvalue weighted by molar-refractivity contribution is 0.204. The highest BCUT2D eigenvalue weighted by atomic mass is 35.5. The van der Waals surface area contributed by atoms with Gasteiger partial charge >= 0.3 is 6.03 Å². The van der Waals surface area contributed by atoms with Crippen LogP contribution >= 0.6 is 11.6 Å². The summed E-state index contributed by atoms with van der Waals surface area (Å²) in [5.74, 6) is 0.699. The van der Waals surface area contributed by atoms with E-state index in [1.807, 2.05) is 31.2 Å². The second-order valence-corrected chi connectivity index (χ2v) is 5.03. The van der Waals surface area contributed by atoms with Gasteiger partial charge in [0.05, 0.1) is 12.2 Å². The quantitative estimate of drug-likeness (QED) is 0.842. The van der Waals surface area contributed by atoms with Crippen LogP contribution in [0.25, 0.3) is 0 Å². The summed E-state index contributed by atoms with van der Waals surface area (Å²) in [5.41, 5.74) is 1.82. The van der Waals surface area contributed by atoms with Gasteiger partial charge in [-0.05, 0) is 37.3 Å². The van der Waals surface area contributed by atoms with Gasteiger partial charge in [0.25, 0.3) is 0 Å². The van der Waals surface area contributed by atoms with Crippen LogP contribution in [-0.4, -0.2) is 22.5 Å². The number of hydrogen-bond acceptors (Lipinski definition) is 2. The molecule has 0 fully saturated rings. The molecule has 0 spiro atoms. The van der Waals surface area contributed by atoms with Gasteiger partial charge in [-0.1, -0.05) is 17.7 Å². The Morgan fingerprint density at radius 1 is 1.25 bits per heavy atom. The van der Waals surface area contributed by atoms with Crippen molar-refractivity contribution in [1.82, 2.24) is 9.88 Å². The molecule has 0 unspecified atom stereocenters. The zero-order valence-electron chi connectivity index (χ0n) is 11.1.